The van der Waals surface area contributed by atoms with E-state index in [9.17, 15) is 43.2 Å². The van der Waals surface area contributed by atoms with E-state index in [1.807, 2.05) is 0 Å². The predicted octanol–water partition coefficient (Wildman–Crippen LogP) is 4.65. The van der Waals surface area contributed by atoms with Crippen molar-refractivity contribution >= 4 is 42.9 Å². The molecule has 0 fully saturated rings. The molecule has 3 aromatic carbocycles. The van der Waals surface area contributed by atoms with Crippen molar-refractivity contribution in [3.8, 4) is 0 Å². The highest BCUT2D eigenvalue weighted by molar-refractivity contribution is 8.14. The zero-order valence-corrected chi connectivity index (χ0v) is 21.0. The van der Waals surface area contributed by atoms with E-state index in [-0.39, 0.29) is 15.9 Å². The normalized spacial score (nSPS) is 13.7. The maximum atomic E-state index is 13.6. The van der Waals surface area contributed by atoms with Crippen molar-refractivity contribution in [3.05, 3.63) is 95.1 Å². The maximum absolute atomic E-state index is 13.6. The van der Waals surface area contributed by atoms with Gasteiger partial charge in [0, 0.05) is 0 Å². The molecule has 0 radical (unpaired) electrons. The first-order valence-corrected chi connectivity index (χ1v) is 15.0. The van der Waals surface area contributed by atoms with Gasteiger partial charge in [0.2, 0.25) is 0 Å². The lowest BCUT2D eigenvalue weighted by atomic mass is 10.2. The number of hydrogen-bond donors (Lipinski definition) is 0. The van der Waals surface area contributed by atoms with E-state index < -0.39 is 48.7 Å². The average Bonchev–Trinajstić information content (AvgIpc) is 2.80. The molecule has 0 bridgehead atoms. The van der Waals surface area contributed by atoms with Crippen LogP contribution in [-0.2, 0) is 19.7 Å². The molecule has 0 saturated carbocycles. The highest BCUT2D eigenvalue weighted by Crippen LogP contribution is 2.60. The summed E-state index contributed by atoms with van der Waals surface area (Å²) in [5, 5.41) is 0.609. The fourth-order valence-electron chi connectivity index (χ4n) is 3.65. The Kier molecular flexibility index (Phi) is 7.66. The molecule has 0 aliphatic heterocycles. The van der Waals surface area contributed by atoms with Crippen molar-refractivity contribution in [3.63, 3.8) is 0 Å². The molecule has 0 aliphatic rings. The van der Waals surface area contributed by atoms with Gasteiger partial charge < -0.3 is 0 Å². The summed E-state index contributed by atoms with van der Waals surface area (Å²) in [5.41, 5.74) is -11.8. The van der Waals surface area contributed by atoms with Gasteiger partial charge in [-0.2, -0.15) is 26.3 Å². The molecule has 0 spiro atoms. The molecule has 13 heteroatoms. The molecule has 0 unspecified atom stereocenters. The predicted molar refractivity (Wildman–Crippen MR) is 128 cm³/mol. The Morgan fingerprint density at radius 1 is 0.611 bits per heavy atom. The Hall–Kier alpha value is -2.43. The Morgan fingerprint density at radius 3 is 1.28 bits per heavy atom. The minimum absolute atomic E-state index is 0.201. The molecule has 0 amide bonds. The lowest BCUT2D eigenvalue weighted by Crippen LogP contribution is -2.45. The van der Waals surface area contributed by atoms with E-state index in [1.165, 1.54) is 60.7 Å². The third-order valence-corrected chi connectivity index (χ3v) is 14.2. The summed E-state index contributed by atoms with van der Waals surface area (Å²) in [5.74, 6) is 0. The van der Waals surface area contributed by atoms with Gasteiger partial charge in [-0.15, -0.1) is 0 Å². The monoisotopic (exact) mass is 568 g/mol. The molecule has 3 rings (SSSR count). The molecule has 0 aliphatic carbocycles. The van der Waals surface area contributed by atoms with Gasteiger partial charge >= 0.3 is 11.0 Å². The lowest BCUT2D eigenvalue weighted by Gasteiger charge is -2.38. The van der Waals surface area contributed by atoms with E-state index in [4.69, 9.17) is 0 Å². The largest absolute Gasteiger partial charge is 0.469 e. The van der Waals surface area contributed by atoms with Crippen molar-refractivity contribution in [2.45, 2.75) is 17.9 Å². The van der Waals surface area contributed by atoms with Gasteiger partial charge in [-0.1, -0.05) is 54.1 Å². The van der Waals surface area contributed by atoms with Crippen LogP contribution in [0.5, 0.6) is 0 Å². The van der Waals surface area contributed by atoms with Crippen LogP contribution >= 0.6 is 7.26 Å². The first-order valence-electron chi connectivity index (χ1n) is 10.1. The summed E-state index contributed by atoms with van der Waals surface area (Å²) >= 11 is 0. The van der Waals surface area contributed by atoms with Gasteiger partial charge in [-0.25, -0.2) is 0 Å². The van der Waals surface area contributed by atoms with Crippen LogP contribution in [0.2, 0.25) is 0 Å². The number of halogens is 6. The molecule has 0 atom stereocenters. The SMILES string of the molecule is Cc1ccc([P+](C[C-](S(=O)(=O)C(F)(F)F)S(=O)(=O)C(F)(F)F)(c2ccccc2)c2ccccc2)cc1. The van der Waals surface area contributed by atoms with E-state index in [0.717, 1.165) is 0 Å². The van der Waals surface area contributed by atoms with Gasteiger partial charge in [0.1, 0.15) is 35.6 Å². The van der Waals surface area contributed by atoms with Crippen molar-refractivity contribution < 1.29 is 43.2 Å². The molecule has 36 heavy (non-hydrogen) atoms. The van der Waals surface area contributed by atoms with Crippen molar-refractivity contribution in [1.82, 2.24) is 0 Å². The minimum atomic E-state index is -6.91. The minimum Gasteiger partial charge on any atom is -0.252 e. The van der Waals surface area contributed by atoms with E-state index >= 15 is 0 Å². The van der Waals surface area contributed by atoms with Crippen LogP contribution in [-0.4, -0.2) is 34.0 Å². The zero-order valence-electron chi connectivity index (χ0n) is 18.5. The van der Waals surface area contributed by atoms with Crippen LogP contribution in [0.3, 0.4) is 0 Å². The maximum Gasteiger partial charge on any atom is 0.469 e. The van der Waals surface area contributed by atoms with Crippen LogP contribution < -0.4 is 15.9 Å². The fourth-order valence-corrected chi connectivity index (χ4v) is 12.3. The highest BCUT2D eigenvalue weighted by atomic mass is 32.3. The Labute approximate surface area is 205 Å². The molecule has 0 N–H and O–H groups in total. The van der Waals surface area contributed by atoms with Crippen LogP contribution in [0.4, 0.5) is 26.3 Å². The van der Waals surface area contributed by atoms with Gasteiger partial charge in [-0.3, -0.25) is 16.8 Å². The Morgan fingerprint density at radius 2 is 0.944 bits per heavy atom. The Balaban J connectivity index is 2.49. The van der Waals surface area contributed by atoms with Gasteiger partial charge in [0.25, 0.3) is 0 Å². The van der Waals surface area contributed by atoms with Crippen LogP contribution in [0.1, 0.15) is 5.56 Å². The van der Waals surface area contributed by atoms with Gasteiger partial charge in [0.05, 0.1) is 7.26 Å². The number of hydrogen-bond acceptors (Lipinski definition) is 4. The molecule has 194 valence electrons. The van der Waals surface area contributed by atoms with Crippen molar-refractivity contribution in [2.24, 2.45) is 0 Å². The molecule has 4 nitrogen and oxygen atoms in total. The number of sulfone groups is 2. The summed E-state index contributed by atoms with van der Waals surface area (Å²) in [6.07, 6.45) is -1.55. The molecule has 0 heterocycles. The number of rotatable bonds is 7. The van der Waals surface area contributed by atoms with E-state index in [1.54, 1.807) is 31.2 Å². The first-order chi connectivity index (χ1) is 16.5. The summed E-state index contributed by atoms with van der Waals surface area (Å²) < 4.78 is 129. The summed E-state index contributed by atoms with van der Waals surface area (Å²) in [6, 6.07) is 20.8. The zero-order chi connectivity index (χ0) is 27.0. The smallest absolute Gasteiger partial charge is 0.252 e. The Bertz CT molecular complexity index is 1320. The standard InChI is InChI=1S/C23H19F6O4PS2/c1-17-12-14-20(15-13-17)34(18-8-4-2-5-9-18,19-10-6-3-7-11-19)16-21(35(30,31)22(24,25)26)36(32,33)23(27,28)29/h2-15H,16H2,1H3. The lowest BCUT2D eigenvalue weighted by molar-refractivity contribution is -0.0453. The second-order valence-electron chi connectivity index (χ2n) is 7.74. The van der Waals surface area contributed by atoms with Crippen molar-refractivity contribution in [2.75, 3.05) is 6.16 Å². The summed E-state index contributed by atoms with van der Waals surface area (Å²) in [6.45, 7) is 1.70. The first kappa shape index (κ1) is 28.1. The third-order valence-electron chi connectivity index (χ3n) is 5.44. The number of aryl methyl sites for hydroxylation is 1. The highest BCUT2D eigenvalue weighted by Gasteiger charge is 2.58. The van der Waals surface area contributed by atoms with Crippen LogP contribution in [0.15, 0.2) is 84.9 Å². The molecule has 3 aromatic rings. The summed E-state index contributed by atoms with van der Waals surface area (Å²) in [4.78, 5) is 0. The van der Waals surface area contributed by atoms with Gasteiger partial charge in [0.15, 0.2) is 0 Å². The third kappa shape index (κ3) is 5.03. The fraction of sp³-hybridized carbons (Fsp3) is 0.174. The topological polar surface area (TPSA) is 68.3 Å². The summed E-state index contributed by atoms with van der Waals surface area (Å²) in [7, 11) is -17.6. The number of alkyl halides is 6. The van der Waals surface area contributed by atoms with E-state index in [0.29, 0.717) is 5.56 Å². The van der Waals surface area contributed by atoms with E-state index in [2.05, 4.69) is 0 Å². The molecular weight excluding hydrogens is 549 g/mol. The molecule has 0 saturated heterocycles. The van der Waals surface area contributed by atoms with Crippen LogP contribution in [0.25, 0.3) is 0 Å². The molecular formula is C23H19F6O4PS2. The second-order valence-corrected chi connectivity index (χ2v) is 15.4. The molecule has 0 aromatic heterocycles. The van der Waals surface area contributed by atoms with Crippen LogP contribution in [0, 0.1) is 11.5 Å². The second kappa shape index (κ2) is 9.79. The number of benzene rings is 3. The average molecular weight is 568 g/mol. The van der Waals surface area contributed by atoms with Gasteiger partial charge in [-0.05, 0) is 54.1 Å². The van der Waals surface area contributed by atoms with Crippen molar-refractivity contribution in [1.29, 1.82) is 0 Å². The quantitative estimate of drug-likeness (QED) is 0.237.